The maximum absolute atomic E-state index is 12.3. The second-order valence-corrected chi connectivity index (χ2v) is 8.13. The van der Waals surface area contributed by atoms with Crippen LogP contribution >= 0.6 is 15.9 Å². The molecule has 100 valence electrons. The second kappa shape index (κ2) is 6.35. The van der Waals surface area contributed by atoms with E-state index in [4.69, 9.17) is 0 Å². The normalized spacial score (nSPS) is 13.1. The van der Waals surface area contributed by atoms with E-state index in [0.29, 0.717) is 11.3 Å². The van der Waals surface area contributed by atoms with E-state index in [1.807, 2.05) is 36.4 Å². The van der Waals surface area contributed by atoms with Gasteiger partial charge in [-0.25, -0.2) is 8.42 Å². The molecule has 0 amide bonds. The number of halogens is 1. The van der Waals surface area contributed by atoms with Crippen molar-refractivity contribution in [1.29, 1.82) is 0 Å². The van der Waals surface area contributed by atoms with Crippen LogP contribution in [0.1, 0.15) is 12.0 Å². The van der Waals surface area contributed by atoms with Crippen LogP contribution < -0.4 is 0 Å². The minimum atomic E-state index is -3.29. The zero-order valence-electron chi connectivity index (χ0n) is 10.4. The Hall–Kier alpha value is -1.13. The lowest BCUT2D eigenvalue weighted by Gasteiger charge is -2.11. The first kappa shape index (κ1) is 14.3. The SMILES string of the molecule is O=S(=O)(c1ccccc1)C(Br)CCc1ccccc1. The zero-order valence-corrected chi connectivity index (χ0v) is 12.8. The summed E-state index contributed by atoms with van der Waals surface area (Å²) in [5.74, 6) is 0. The molecule has 2 aromatic carbocycles. The fraction of sp³-hybridized carbons (Fsp3) is 0.200. The Morgan fingerprint density at radius 2 is 1.42 bits per heavy atom. The molecule has 0 aromatic heterocycles. The van der Waals surface area contributed by atoms with Gasteiger partial charge in [0.15, 0.2) is 9.84 Å². The van der Waals surface area contributed by atoms with Gasteiger partial charge < -0.3 is 0 Å². The predicted octanol–water partition coefficient (Wildman–Crippen LogP) is 3.81. The van der Waals surface area contributed by atoms with Crippen molar-refractivity contribution in [2.24, 2.45) is 0 Å². The summed E-state index contributed by atoms with van der Waals surface area (Å²) in [7, 11) is -3.29. The molecule has 0 aliphatic rings. The van der Waals surface area contributed by atoms with Crippen LogP contribution in [-0.4, -0.2) is 12.6 Å². The molecule has 0 saturated carbocycles. The Bertz CT molecular complexity index is 609. The van der Waals surface area contributed by atoms with E-state index in [1.54, 1.807) is 24.3 Å². The molecule has 0 saturated heterocycles. The second-order valence-electron chi connectivity index (χ2n) is 4.29. The van der Waals surface area contributed by atoms with Gasteiger partial charge in [0.25, 0.3) is 0 Å². The molecule has 0 radical (unpaired) electrons. The highest BCUT2D eigenvalue weighted by Crippen LogP contribution is 2.24. The number of hydrogen-bond acceptors (Lipinski definition) is 2. The molecule has 2 aromatic rings. The van der Waals surface area contributed by atoms with Gasteiger partial charge in [0, 0.05) is 0 Å². The fourth-order valence-corrected chi connectivity index (χ4v) is 3.97. The van der Waals surface area contributed by atoms with Gasteiger partial charge in [-0.2, -0.15) is 0 Å². The Kier molecular flexibility index (Phi) is 4.77. The molecule has 2 rings (SSSR count). The highest BCUT2D eigenvalue weighted by molar-refractivity contribution is 9.11. The number of hydrogen-bond donors (Lipinski definition) is 0. The van der Waals surface area contributed by atoms with E-state index in [0.717, 1.165) is 12.0 Å². The molecule has 19 heavy (non-hydrogen) atoms. The van der Waals surface area contributed by atoms with Crippen LogP contribution in [0.25, 0.3) is 0 Å². The van der Waals surface area contributed by atoms with Crippen LogP contribution in [0.5, 0.6) is 0 Å². The van der Waals surface area contributed by atoms with E-state index >= 15 is 0 Å². The molecule has 2 nitrogen and oxygen atoms in total. The van der Waals surface area contributed by atoms with Gasteiger partial charge in [-0.15, -0.1) is 0 Å². The lowest BCUT2D eigenvalue weighted by molar-refractivity contribution is 0.590. The van der Waals surface area contributed by atoms with E-state index in [2.05, 4.69) is 15.9 Å². The smallest absolute Gasteiger partial charge is 0.191 e. The molecule has 0 fully saturated rings. The molecule has 4 heteroatoms. The number of rotatable bonds is 5. The van der Waals surface area contributed by atoms with Gasteiger partial charge in [-0.05, 0) is 30.5 Å². The Morgan fingerprint density at radius 1 is 0.895 bits per heavy atom. The van der Waals surface area contributed by atoms with E-state index in [-0.39, 0.29) is 0 Å². The molecule has 0 N–H and O–H groups in total. The van der Waals surface area contributed by atoms with Crippen molar-refractivity contribution in [2.75, 3.05) is 0 Å². The largest absolute Gasteiger partial charge is 0.223 e. The standard InChI is InChI=1S/C15H15BrO2S/c16-15(12-11-13-7-3-1-4-8-13)19(17,18)14-9-5-2-6-10-14/h1-10,15H,11-12H2. The van der Waals surface area contributed by atoms with Gasteiger partial charge in [-0.1, -0.05) is 64.5 Å². The number of sulfone groups is 1. The molecule has 0 aliphatic heterocycles. The lowest BCUT2D eigenvalue weighted by atomic mass is 10.1. The molecule has 0 aliphatic carbocycles. The molecule has 0 spiro atoms. The summed E-state index contributed by atoms with van der Waals surface area (Å²) in [6.45, 7) is 0. The quantitative estimate of drug-likeness (QED) is 0.776. The first-order valence-corrected chi connectivity index (χ1v) is 8.54. The third kappa shape index (κ3) is 3.67. The van der Waals surface area contributed by atoms with Crippen molar-refractivity contribution in [3.8, 4) is 0 Å². The van der Waals surface area contributed by atoms with Gasteiger partial charge in [0.05, 0.1) is 4.90 Å². The lowest BCUT2D eigenvalue weighted by Crippen LogP contribution is -2.15. The predicted molar refractivity (Wildman–Crippen MR) is 81.1 cm³/mol. The average molecular weight is 339 g/mol. The van der Waals surface area contributed by atoms with Crippen LogP contribution in [-0.2, 0) is 16.3 Å². The monoisotopic (exact) mass is 338 g/mol. The van der Waals surface area contributed by atoms with Gasteiger partial charge in [-0.3, -0.25) is 0 Å². The summed E-state index contributed by atoms with van der Waals surface area (Å²) in [6.07, 6.45) is 1.30. The highest BCUT2D eigenvalue weighted by atomic mass is 79.9. The van der Waals surface area contributed by atoms with E-state index in [1.165, 1.54) is 0 Å². The Labute approximate surface area is 122 Å². The molecule has 1 atom stereocenters. The summed E-state index contributed by atoms with van der Waals surface area (Å²) in [5, 5.41) is 0. The van der Waals surface area contributed by atoms with Crippen molar-refractivity contribution in [1.82, 2.24) is 0 Å². The van der Waals surface area contributed by atoms with Crippen molar-refractivity contribution in [2.45, 2.75) is 21.9 Å². The molecular formula is C15H15BrO2S. The fourth-order valence-electron chi connectivity index (χ4n) is 1.84. The summed E-state index contributed by atoms with van der Waals surface area (Å²) < 4.78 is 24.1. The summed E-state index contributed by atoms with van der Waals surface area (Å²) in [4.78, 5) is 0.366. The maximum Gasteiger partial charge on any atom is 0.191 e. The van der Waals surface area contributed by atoms with Gasteiger partial charge in [0.2, 0.25) is 0 Å². The molecule has 1 unspecified atom stereocenters. The average Bonchev–Trinajstić information content (AvgIpc) is 2.46. The van der Waals surface area contributed by atoms with Gasteiger partial charge in [0.1, 0.15) is 4.16 Å². The van der Waals surface area contributed by atoms with Crippen molar-refractivity contribution < 1.29 is 8.42 Å². The van der Waals surface area contributed by atoms with Gasteiger partial charge >= 0.3 is 0 Å². The third-order valence-electron chi connectivity index (χ3n) is 2.91. The van der Waals surface area contributed by atoms with Crippen LogP contribution in [0.2, 0.25) is 0 Å². The molecular weight excluding hydrogens is 324 g/mol. The van der Waals surface area contributed by atoms with Crippen LogP contribution in [0.4, 0.5) is 0 Å². The third-order valence-corrected chi connectivity index (χ3v) is 6.68. The summed E-state index contributed by atoms with van der Waals surface area (Å²) in [5.41, 5.74) is 1.15. The van der Waals surface area contributed by atoms with Crippen LogP contribution in [0.3, 0.4) is 0 Å². The number of alkyl halides is 1. The minimum absolute atomic E-state index is 0.366. The first-order chi connectivity index (χ1) is 9.10. The molecule has 0 heterocycles. The van der Waals surface area contributed by atoms with Crippen LogP contribution in [0, 0.1) is 0 Å². The Morgan fingerprint density at radius 3 is 2.00 bits per heavy atom. The van der Waals surface area contributed by atoms with E-state index < -0.39 is 14.0 Å². The topological polar surface area (TPSA) is 34.1 Å². The summed E-state index contributed by atoms with van der Waals surface area (Å²) >= 11 is 3.31. The van der Waals surface area contributed by atoms with Crippen molar-refractivity contribution in [3.05, 3.63) is 66.2 Å². The number of benzene rings is 2. The summed E-state index contributed by atoms with van der Waals surface area (Å²) in [6, 6.07) is 18.5. The maximum atomic E-state index is 12.3. The van der Waals surface area contributed by atoms with Crippen LogP contribution in [0.15, 0.2) is 65.6 Å². The highest BCUT2D eigenvalue weighted by Gasteiger charge is 2.24. The molecule has 0 bridgehead atoms. The van der Waals surface area contributed by atoms with E-state index in [9.17, 15) is 8.42 Å². The number of aryl methyl sites for hydroxylation is 1. The minimum Gasteiger partial charge on any atom is -0.223 e. The van der Waals surface area contributed by atoms with Crippen molar-refractivity contribution >= 4 is 25.8 Å². The van der Waals surface area contributed by atoms with Crippen molar-refractivity contribution in [3.63, 3.8) is 0 Å². The zero-order chi connectivity index (χ0) is 13.7. The first-order valence-electron chi connectivity index (χ1n) is 6.07. The Balaban J connectivity index is 2.06.